The Kier molecular flexibility index (Phi) is 6.54. The van der Waals surface area contributed by atoms with Gasteiger partial charge in [-0.25, -0.2) is 8.42 Å². The van der Waals surface area contributed by atoms with E-state index in [0.717, 1.165) is 4.90 Å². The zero-order chi connectivity index (χ0) is 26.3. The Hall–Kier alpha value is -3.64. The van der Waals surface area contributed by atoms with Crippen LogP contribution >= 0.6 is 23.2 Å². The number of halogens is 2. The quantitative estimate of drug-likeness (QED) is 0.326. The molecule has 0 aliphatic carbocycles. The number of imide groups is 1. The fourth-order valence-electron chi connectivity index (χ4n) is 4.52. The van der Waals surface area contributed by atoms with Gasteiger partial charge in [0.1, 0.15) is 23.2 Å². The molecule has 186 valence electrons. The van der Waals surface area contributed by atoms with Crippen molar-refractivity contribution in [1.29, 1.82) is 5.26 Å². The number of hydrogen-bond acceptors (Lipinski definition) is 6. The molecule has 3 heterocycles. The van der Waals surface area contributed by atoms with Crippen LogP contribution < -0.4 is 0 Å². The monoisotopic (exact) mass is 552 g/mol. The topological polar surface area (TPSA) is 108 Å². The maximum atomic E-state index is 13.8. The first-order valence-corrected chi connectivity index (χ1v) is 13.8. The first kappa shape index (κ1) is 25.0. The van der Waals surface area contributed by atoms with Gasteiger partial charge < -0.3 is 4.42 Å². The number of carbonyl (C=O) groups is 2. The SMILES string of the molecule is N#CC1=C(c2ccccc2)/C(=C/c2ccc(-c3ccc(Cl)c(Cl)c3)o2)C(=O)N(C2CCS(=O)(=O)C2)C1=O. The van der Waals surface area contributed by atoms with Crippen LogP contribution in [0, 0.1) is 11.3 Å². The lowest BCUT2D eigenvalue weighted by Crippen LogP contribution is -2.49. The lowest BCUT2D eigenvalue weighted by Gasteiger charge is -2.32. The highest BCUT2D eigenvalue weighted by molar-refractivity contribution is 7.91. The second-order valence-corrected chi connectivity index (χ2v) is 11.7. The molecule has 7 nitrogen and oxygen atoms in total. The summed E-state index contributed by atoms with van der Waals surface area (Å²) in [7, 11) is -3.40. The minimum atomic E-state index is -3.40. The van der Waals surface area contributed by atoms with E-state index in [1.807, 2.05) is 6.07 Å². The number of benzene rings is 2. The van der Waals surface area contributed by atoms with Gasteiger partial charge in [0.2, 0.25) is 0 Å². The normalized spacial score (nSPS) is 20.5. The first-order chi connectivity index (χ1) is 17.7. The number of rotatable bonds is 4. The largest absolute Gasteiger partial charge is 0.457 e. The van der Waals surface area contributed by atoms with Gasteiger partial charge in [-0.3, -0.25) is 14.5 Å². The molecule has 0 saturated carbocycles. The molecule has 2 aliphatic rings. The van der Waals surface area contributed by atoms with Gasteiger partial charge in [-0.05, 0) is 48.4 Å². The van der Waals surface area contributed by atoms with Crippen LogP contribution in [0.1, 0.15) is 17.7 Å². The van der Waals surface area contributed by atoms with E-state index in [1.165, 1.54) is 6.08 Å². The van der Waals surface area contributed by atoms with Crippen LogP contribution in [0.25, 0.3) is 23.0 Å². The number of hydrogen-bond donors (Lipinski definition) is 0. The average Bonchev–Trinajstić information content (AvgIpc) is 3.49. The van der Waals surface area contributed by atoms with Crippen LogP contribution in [-0.4, -0.2) is 42.7 Å². The zero-order valence-electron chi connectivity index (χ0n) is 19.1. The zero-order valence-corrected chi connectivity index (χ0v) is 21.5. The van der Waals surface area contributed by atoms with Gasteiger partial charge in [0, 0.05) is 11.1 Å². The van der Waals surface area contributed by atoms with Crippen LogP contribution in [0.5, 0.6) is 0 Å². The summed E-state index contributed by atoms with van der Waals surface area (Å²) < 4.78 is 30.2. The molecule has 1 fully saturated rings. The van der Waals surface area contributed by atoms with Gasteiger partial charge in [0.05, 0.1) is 33.2 Å². The molecule has 1 unspecified atom stereocenters. The predicted molar refractivity (Wildman–Crippen MR) is 140 cm³/mol. The molecule has 5 rings (SSSR count). The van der Waals surface area contributed by atoms with Crippen LogP contribution in [-0.2, 0) is 19.4 Å². The first-order valence-electron chi connectivity index (χ1n) is 11.2. The predicted octanol–water partition coefficient (Wildman–Crippen LogP) is 5.17. The molecule has 1 atom stereocenters. The molecule has 10 heteroatoms. The fourth-order valence-corrected chi connectivity index (χ4v) is 6.52. The van der Waals surface area contributed by atoms with Gasteiger partial charge in [0.25, 0.3) is 11.8 Å². The standard InChI is InChI=1S/C27H18Cl2N2O5S/c28-22-8-6-17(12-23(22)29)24-9-7-19(36-24)13-20-25(16-4-2-1-3-5-16)21(14-30)27(33)31(26(20)32)18-10-11-37(34,35)15-18/h1-9,12-13,18H,10-11,15H2/b20-13-. The van der Waals surface area contributed by atoms with Crippen LogP contribution in [0.2, 0.25) is 10.0 Å². The highest BCUT2D eigenvalue weighted by Gasteiger charge is 2.45. The van der Waals surface area contributed by atoms with Gasteiger partial charge in [-0.15, -0.1) is 0 Å². The van der Waals surface area contributed by atoms with Crippen molar-refractivity contribution in [3.63, 3.8) is 0 Å². The van der Waals surface area contributed by atoms with Crippen molar-refractivity contribution in [2.75, 3.05) is 11.5 Å². The summed E-state index contributed by atoms with van der Waals surface area (Å²) in [5.41, 5.74) is 1.16. The summed E-state index contributed by atoms with van der Waals surface area (Å²) in [6, 6.07) is 18.1. The minimum Gasteiger partial charge on any atom is -0.457 e. The van der Waals surface area contributed by atoms with E-state index in [1.54, 1.807) is 60.7 Å². The highest BCUT2D eigenvalue weighted by Crippen LogP contribution is 2.38. The lowest BCUT2D eigenvalue weighted by atomic mass is 9.87. The Labute approximate surface area is 223 Å². The van der Waals surface area contributed by atoms with E-state index < -0.39 is 27.7 Å². The van der Waals surface area contributed by atoms with E-state index in [2.05, 4.69) is 0 Å². The van der Waals surface area contributed by atoms with Crippen LogP contribution in [0.15, 0.2) is 76.2 Å². The van der Waals surface area contributed by atoms with Gasteiger partial charge in [-0.1, -0.05) is 53.5 Å². The number of nitrogens with zero attached hydrogens (tertiary/aromatic N) is 2. The van der Waals surface area contributed by atoms with Crippen molar-refractivity contribution in [3.8, 4) is 17.4 Å². The average molecular weight is 553 g/mol. The molecule has 3 aromatic rings. The van der Waals surface area contributed by atoms with Crippen LogP contribution in [0.3, 0.4) is 0 Å². The molecule has 0 N–H and O–H groups in total. The van der Waals surface area contributed by atoms with Crippen molar-refractivity contribution < 1.29 is 22.4 Å². The molecule has 2 aromatic carbocycles. The van der Waals surface area contributed by atoms with Gasteiger partial charge in [0.15, 0.2) is 9.84 Å². The third-order valence-electron chi connectivity index (χ3n) is 6.27. The van der Waals surface area contributed by atoms with Crippen molar-refractivity contribution in [3.05, 3.63) is 93.2 Å². The number of carbonyl (C=O) groups excluding carboxylic acids is 2. The smallest absolute Gasteiger partial charge is 0.272 e. The molecule has 1 saturated heterocycles. The molecule has 1 aromatic heterocycles. The minimum absolute atomic E-state index is 0.0571. The summed E-state index contributed by atoms with van der Waals surface area (Å²) in [5.74, 6) is -1.19. The number of furan rings is 1. The fraction of sp³-hybridized carbons (Fsp3) is 0.148. The molecule has 0 spiro atoms. The highest BCUT2D eigenvalue weighted by atomic mass is 35.5. The molecule has 0 bridgehead atoms. The van der Waals surface area contributed by atoms with Crippen LogP contribution in [0.4, 0.5) is 0 Å². The van der Waals surface area contributed by atoms with Gasteiger partial charge in [-0.2, -0.15) is 5.26 Å². The number of nitriles is 1. The van der Waals surface area contributed by atoms with E-state index in [-0.39, 0.29) is 34.6 Å². The van der Waals surface area contributed by atoms with E-state index in [4.69, 9.17) is 27.6 Å². The maximum absolute atomic E-state index is 13.8. The van der Waals surface area contributed by atoms with Crippen molar-refractivity contribution in [2.24, 2.45) is 0 Å². The second kappa shape index (κ2) is 9.67. The second-order valence-electron chi connectivity index (χ2n) is 8.65. The number of sulfone groups is 1. The summed E-state index contributed by atoms with van der Waals surface area (Å²) in [6.07, 6.45) is 1.58. The van der Waals surface area contributed by atoms with E-state index in [0.29, 0.717) is 32.7 Å². The summed E-state index contributed by atoms with van der Waals surface area (Å²) in [4.78, 5) is 28.0. The van der Waals surface area contributed by atoms with Crippen molar-refractivity contribution >= 4 is 56.5 Å². The molecule has 2 amide bonds. The van der Waals surface area contributed by atoms with Crippen molar-refractivity contribution in [1.82, 2.24) is 4.90 Å². The molecule has 0 radical (unpaired) electrons. The van der Waals surface area contributed by atoms with Gasteiger partial charge >= 0.3 is 0 Å². The summed E-state index contributed by atoms with van der Waals surface area (Å²) in [6.45, 7) is 0. The number of amides is 2. The Morgan fingerprint density at radius 3 is 2.38 bits per heavy atom. The Balaban J connectivity index is 1.65. The molecular weight excluding hydrogens is 535 g/mol. The van der Waals surface area contributed by atoms with Crippen molar-refractivity contribution in [2.45, 2.75) is 12.5 Å². The Morgan fingerprint density at radius 2 is 1.73 bits per heavy atom. The molecule has 37 heavy (non-hydrogen) atoms. The van der Waals surface area contributed by atoms with E-state index in [9.17, 15) is 23.3 Å². The van der Waals surface area contributed by atoms with E-state index >= 15 is 0 Å². The lowest BCUT2D eigenvalue weighted by molar-refractivity contribution is -0.142. The maximum Gasteiger partial charge on any atom is 0.272 e. The Bertz CT molecular complexity index is 1650. The third-order valence-corrected chi connectivity index (χ3v) is 8.76. The molecule has 2 aliphatic heterocycles. The third kappa shape index (κ3) is 4.74. The summed E-state index contributed by atoms with van der Waals surface area (Å²) >= 11 is 12.1. The summed E-state index contributed by atoms with van der Waals surface area (Å²) in [5, 5.41) is 10.7. The Morgan fingerprint density at radius 1 is 0.973 bits per heavy atom. The molecular formula is C27H18Cl2N2O5S.